The Morgan fingerprint density at radius 2 is 2.07 bits per heavy atom. The molecule has 0 radical (unpaired) electrons. The van der Waals surface area contributed by atoms with Crippen molar-refractivity contribution in [2.45, 2.75) is 45.4 Å². The number of hydrogen-bond donors (Lipinski definition) is 1. The quantitative estimate of drug-likeness (QED) is 0.871. The topological polar surface area (TPSA) is 62.3 Å². The molecule has 0 spiro atoms. The number of hydrogen-bond acceptors (Lipinski definition) is 4. The predicted octanol–water partition coefficient (Wildman–Crippen LogP) is 3.89. The van der Waals surface area contributed by atoms with Gasteiger partial charge in [-0.15, -0.1) is 11.3 Å². The average molecular weight is 384 g/mol. The highest BCUT2D eigenvalue weighted by Gasteiger charge is 2.30. The van der Waals surface area contributed by atoms with Crippen LogP contribution in [0.4, 0.5) is 5.13 Å². The van der Waals surface area contributed by atoms with Crippen molar-refractivity contribution in [2.75, 3.05) is 18.4 Å². The van der Waals surface area contributed by atoms with Crippen LogP contribution >= 0.6 is 11.3 Å². The van der Waals surface area contributed by atoms with Gasteiger partial charge in [-0.2, -0.15) is 0 Å². The molecule has 1 atom stereocenters. The van der Waals surface area contributed by atoms with Crippen LogP contribution in [-0.2, 0) is 22.4 Å². The molecule has 1 fully saturated rings. The average Bonchev–Trinajstić information content (AvgIpc) is 3.37. The van der Waals surface area contributed by atoms with Crippen LogP contribution in [-0.4, -0.2) is 34.8 Å². The van der Waals surface area contributed by atoms with Gasteiger partial charge in [0.2, 0.25) is 11.8 Å². The molecule has 1 aromatic carbocycles. The van der Waals surface area contributed by atoms with Gasteiger partial charge in [-0.3, -0.25) is 9.59 Å². The highest BCUT2D eigenvalue weighted by molar-refractivity contribution is 7.14. The lowest BCUT2D eigenvalue weighted by Crippen LogP contribution is -2.30. The third-order valence-corrected chi connectivity index (χ3v) is 6.35. The van der Waals surface area contributed by atoms with E-state index in [0.717, 1.165) is 24.1 Å². The SMILES string of the molecule is CCC(=O)N1CC[C@H](C(=O)Nc2nc(-c3ccc4c(c3)CCCC4)cs2)C1. The number of benzene rings is 1. The van der Waals surface area contributed by atoms with Crippen molar-refractivity contribution < 1.29 is 9.59 Å². The number of carbonyl (C=O) groups excluding carboxylic acids is 2. The van der Waals surface area contributed by atoms with Crippen LogP contribution in [0.25, 0.3) is 11.3 Å². The maximum atomic E-state index is 12.5. The summed E-state index contributed by atoms with van der Waals surface area (Å²) < 4.78 is 0. The zero-order chi connectivity index (χ0) is 18.8. The lowest BCUT2D eigenvalue weighted by atomic mass is 9.90. The van der Waals surface area contributed by atoms with Crippen molar-refractivity contribution in [3.8, 4) is 11.3 Å². The molecule has 6 heteroatoms. The molecule has 0 bridgehead atoms. The number of nitrogens with one attached hydrogen (secondary N) is 1. The molecular weight excluding hydrogens is 358 g/mol. The molecule has 142 valence electrons. The van der Waals surface area contributed by atoms with Crippen molar-refractivity contribution >= 4 is 28.3 Å². The van der Waals surface area contributed by atoms with E-state index in [1.807, 2.05) is 12.3 Å². The highest BCUT2D eigenvalue weighted by Crippen LogP contribution is 2.30. The second kappa shape index (κ2) is 7.80. The van der Waals surface area contributed by atoms with Gasteiger partial charge in [0.15, 0.2) is 5.13 Å². The van der Waals surface area contributed by atoms with Crippen LogP contribution in [0.3, 0.4) is 0 Å². The summed E-state index contributed by atoms with van der Waals surface area (Å²) in [4.78, 5) is 30.7. The minimum absolute atomic E-state index is 0.0345. The van der Waals surface area contributed by atoms with Crippen LogP contribution in [0.15, 0.2) is 23.6 Å². The first-order valence-corrected chi connectivity index (χ1v) is 10.7. The van der Waals surface area contributed by atoms with E-state index in [9.17, 15) is 9.59 Å². The second-order valence-corrected chi connectivity index (χ2v) is 8.25. The summed E-state index contributed by atoms with van der Waals surface area (Å²) in [6.45, 7) is 3.04. The van der Waals surface area contributed by atoms with Gasteiger partial charge in [-0.1, -0.05) is 19.1 Å². The minimum atomic E-state index is -0.142. The number of likely N-dealkylation sites (tertiary alicyclic amines) is 1. The molecule has 2 aromatic rings. The van der Waals surface area contributed by atoms with E-state index in [1.165, 1.54) is 41.7 Å². The first kappa shape index (κ1) is 18.2. The van der Waals surface area contributed by atoms with E-state index >= 15 is 0 Å². The van der Waals surface area contributed by atoms with Crippen molar-refractivity contribution in [1.82, 2.24) is 9.88 Å². The summed E-state index contributed by atoms with van der Waals surface area (Å²) in [5.74, 6) is -0.0569. The summed E-state index contributed by atoms with van der Waals surface area (Å²) in [6.07, 6.45) is 6.07. The summed E-state index contributed by atoms with van der Waals surface area (Å²) in [5.41, 5.74) is 4.93. The van der Waals surface area contributed by atoms with Crippen molar-refractivity contribution in [3.63, 3.8) is 0 Å². The van der Waals surface area contributed by atoms with Crippen LogP contribution < -0.4 is 5.32 Å². The third-order valence-electron chi connectivity index (χ3n) is 5.59. The van der Waals surface area contributed by atoms with E-state index in [0.29, 0.717) is 24.6 Å². The van der Waals surface area contributed by atoms with Gasteiger partial charge in [0, 0.05) is 30.5 Å². The van der Waals surface area contributed by atoms with Gasteiger partial charge < -0.3 is 10.2 Å². The first-order chi connectivity index (χ1) is 13.1. The predicted molar refractivity (Wildman–Crippen MR) is 108 cm³/mol. The van der Waals surface area contributed by atoms with Gasteiger partial charge in [-0.25, -0.2) is 4.98 Å². The van der Waals surface area contributed by atoms with E-state index in [4.69, 9.17) is 0 Å². The van der Waals surface area contributed by atoms with Crippen LogP contribution in [0.1, 0.15) is 43.7 Å². The normalized spacial score (nSPS) is 19.0. The Morgan fingerprint density at radius 1 is 1.26 bits per heavy atom. The summed E-state index contributed by atoms with van der Waals surface area (Å²) in [6, 6.07) is 6.61. The number of anilines is 1. The lowest BCUT2D eigenvalue weighted by molar-refractivity contribution is -0.130. The molecule has 5 nitrogen and oxygen atoms in total. The van der Waals surface area contributed by atoms with Crippen molar-refractivity contribution in [1.29, 1.82) is 0 Å². The maximum Gasteiger partial charge on any atom is 0.231 e. The number of thiazole rings is 1. The van der Waals surface area contributed by atoms with Crippen LogP contribution in [0, 0.1) is 5.92 Å². The Kier molecular flexibility index (Phi) is 5.25. The van der Waals surface area contributed by atoms with E-state index in [-0.39, 0.29) is 17.7 Å². The Morgan fingerprint density at radius 3 is 2.89 bits per heavy atom. The highest BCUT2D eigenvalue weighted by atomic mass is 32.1. The number of nitrogens with zero attached hydrogens (tertiary/aromatic N) is 2. The largest absolute Gasteiger partial charge is 0.342 e. The number of aryl methyl sites for hydroxylation is 2. The minimum Gasteiger partial charge on any atom is -0.342 e. The standard InChI is InChI=1S/C21H25N3O2S/c1-2-19(25)24-10-9-17(12-24)20(26)23-21-22-18(13-27-21)16-8-7-14-5-3-4-6-15(14)11-16/h7-8,11,13,17H,2-6,9-10,12H2,1H3,(H,22,23,26)/t17-/m0/s1. The molecule has 1 aromatic heterocycles. The van der Waals surface area contributed by atoms with E-state index in [1.54, 1.807) is 4.90 Å². The molecule has 2 amide bonds. The molecule has 1 N–H and O–H groups in total. The molecule has 1 saturated heterocycles. The number of carbonyl (C=O) groups is 2. The molecule has 1 aliphatic heterocycles. The molecule has 0 unspecified atom stereocenters. The maximum absolute atomic E-state index is 12.5. The number of aromatic nitrogens is 1. The van der Waals surface area contributed by atoms with Gasteiger partial charge >= 0.3 is 0 Å². The lowest BCUT2D eigenvalue weighted by Gasteiger charge is -2.16. The summed E-state index contributed by atoms with van der Waals surface area (Å²) >= 11 is 1.46. The fraction of sp³-hybridized carbons (Fsp3) is 0.476. The Balaban J connectivity index is 1.41. The van der Waals surface area contributed by atoms with Crippen molar-refractivity contribution in [2.24, 2.45) is 5.92 Å². The Labute approximate surface area is 163 Å². The molecule has 1 aliphatic carbocycles. The van der Waals surface area contributed by atoms with Crippen LogP contribution in [0.2, 0.25) is 0 Å². The van der Waals surface area contributed by atoms with Crippen LogP contribution in [0.5, 0.6) is 0 Å². The fourth-order valence-corrected chi connectivity index (χ4v) is 4.71. The van der Waals surface area contributed by atoms with Crippen molar-refractivity contribution in [3.05, 3.63) is 34.7 Å². The molecular formula is C21H25N3O2S. The summed E-state index contributed by atoms with van der Waals surface area (Å²) in [7, 11) is 0. The third kappa shape index (κ3) is 3.90. The molecule has 2 heterocycles. The van der Waals surface area contributed by atoms with E-state index < -0.39 is 0 Å². The fourth-order valence-electron chi connectivity index (χ4n) is 3.99. The zero-order valence-electron chi connectivity index (χ0n) is 15.7. The molecule has 27 heavy (non-hydrogen) atoms. The molecule has 2 aliphatic rings. The number of amides is 2. The van der Waals surface area contributed by atoms with Gasteiger partial charge in [0.1, 0.15) is 0 Å². The number of rotatable bonds is 4. The number of fused-ring (bicyclic) bond motifs is 1. The van der Waals surface area contributed by atoms with E-state index in [2.05, 4.69) is 28.5 Å². The molecule has 4 rings (SSSR count). The Hall–Kier alpha value is -2.21. The Bertz CT molecular complexity index is 861. The second-order valence-electron chi connectivity index (χ2n) is 7.40. The van der Waals surface area contributed by atoms with Gasteiger partial charge in [-0.05, 0) is 49.3 Å². The zero-order valence-corrected chi connectivity index (χ0v) is 16.5. The first-order valence-electron chi connectivity index (χ1n) is 9.80. The smallest absolute Gasteiger partial charge is 0.231 e. The summed E-state index contributed by atoms with van der Waals surface area (Å²) in [5, 5.41) is 5.58. The van der Waals surface area contributed by atoms with Gasteiger partial charge in [0.05, 0.1) is 11.6 Å². The van der Waals surface area contributed by atoms with Gasteiger partial charge in [0.25, 0.3) is 0 Å². The molecule has 0 saturated carbocycles. The monoisotopic (exact) mass is 383 g/mol.